The van der Waals surface area contributed by atoms with Crippen LogP contribution < -0.4 is 64.4 Å². The van der Waals surface area contributed by atoms with Crippen molar-refractivity contribution in [2.24, 2.45) is 17.8 Å². The van der Waals surface area contributed by atoms with E-state index < -0.39 is 86.6 Å². The second-order valence-corrected chi connectivity index (χ2v) is 30.2. The number of hydrogen-bond acceptors (Lipinski definition) is 34. The first-order valence-electron chi connectivity index (χ1n) is 45.9. The van der Waals surface area contributed by atoms with Gasteiger partial charge in [0.1, 0.15) is 30.5 Å². The Labute approximate surface area is 997 Å². The van der Waals surface area contributed by atoms with E-state index in [1.165, 1.54) is 148 Å². The number of thiol groups is 1. The van der Waals surface area contributed by atoms with E-state index in [0.717, 1.165) is 38.5 Å². The van der Waals surface area contributed by atoms with Crippen LogP contribution in [-0.4, -0.2) is 117 Å². The van der Waals surface area contributed by atoms with Gasteiger partial charge in [0.25, 0.3) is 0 Å². The topological polar surface area (TPSA) is 391 Å². The molecule has 0 spiro atoms. The molecule has 2 aliphatic heterocycles. The predicted octanol–water partition coefficient (Wildman–Crippen LogP) is 16.9. The quantitative estimate of drug-likeness (QED) is 0.00342. The van der Waals surface area contributed by atoms with Crippen molar-refractivity contribution < 1.29 is 287 Å². The van der Waals surface area contributed by atoms with Crippen LogP contribution in [-0.2, 0) is 122 Å². The van der Waals surface area contributed by atoms with Gasteiger partial charge in [0.05, 0.1) is 13.2 Å². The van der Waals surface area contributed by atoms with Gasteiger partial charge in [-0.05, 0) is 223 Å². The van der Waals surface area contributed by atoms with E-state index in [1.807, 2.05) is 13.0 Å². The van der Waals surface area contributed by atoms with Gasteiger partial charge >= 0.3 is 71.1 Å². The summed E-state index contributed by atoms with van der Waals surface area (Å²) in [6, 6.07) is 0. The Hall–Kier alpha value is -11.6. The first kappa shape index (κ1) is 141. The van der Waals surface area contributed by atoms with Crippen molar-refractivity contribution in [1.29, 1.82) is 0 Å². The van der Waals surface area contributed by atoms with E-state index in [4.69, 9.17) is 33.1 Å². The van der Waals surface area contributed by atoms with Gasteiger partial charge in [-0.2, -0.15) is 0 Å². The minimum atomic E-state index is -1.79. The zero-order valence-electron chi connectivity index (χ0n) is 85.1. The number of esters is 2. The van der Waals surface area contributed by atoms with Gasteiger partial charge in [0, 0.05) is 307 Å². The van der Waals surface area contributed by atoms with Crippen LogP contribution >= 0.6 is 25.2 Å². The third kappa shape index (κ3) is 89.6. The Morgan fingerprint density at radius 3 is 0.939 bits per heavy atom. The average molecular weight is 2180 g/mol. The SMILES string of the molecule is CC#CC#CC#CC#CC#CC#CC#CC#CC#CC#CC#CC#CC#CC#CC#CC#CC#CC#CC#CC#CC#CC#CC#CC#CC#CC#CC#CC.CCCCCCCCCCCCCCCC[C@H](C)C[C@H](C)C[C@H](C)/C=C(\C)C(=O)OC1C(O)C(CO)OC(OC2OC(CO)C(O)C(O)C2OSOO[O-])C1OC(=O)CCCCCCCCCCCCCCC.OOOOOOOOOOOOOOOOS.[H-].[HH].[HH].[HH].[HH].[HH].[HH].[HH].[HH].[HH].[HH].[HH].[HH].[HH].[HH].[HH].[HH].[HH].[HH].[HH].[HH].[HH].[HH].[HH].[HH].[HH].[HH].[HH].[HH].[HH].[HH].[HH].[HH].[HH].[HH].[HH].[HH].[HH].[HH].[HH].[HH].[HH].[HH].[HH].[HH].[HH].[HH].[HH].[HH].[Na+].[Na+]. The molecule has 2 fully saturated rings. The monoisotopic (exact) mass is 2180 g/mol. The van der Waals surface area contributed by atoms with E-state index in [1.54, 1.807) is 20.8 Å². The molecule has 2 saturated heterocycles. The van der Waals surface area contributed by atoms with Gasteiger partial charge in [0.15, 0.2) is 36.9 Å². The maximum absolute atomic E-state index is 13.9. The summed E-state index contributed by atoms with van der Waals surface area (Å²) in [7, 11) is 0. The molecule has 0 aliphatic carbocycles. The van der Waals surface area contributed by atoms with Crippen molar-refractivity contribution >= 4 is 37.2 Å². The Morgan fingerprint density at radius 2 is 0.649 bits per heavy atom. The molecule has 2 heterocycles. The largest absolute Gasteiger partial charge is 1.00 e. The van der Waals surface area contributed by atoms with Crippen LogP contribution in [0.1, 0.15) is 324 Å². The average Bonchev–Trinajstić information content (AvgIpc) is 0.773. The Bertz CT molecular complexity index is 5740. The summed E-state index contributed by atoms with van der Waals surface area (Å²) < 4.78 is 42.6. The van der Waals surface area contributed by atoms with E-state index in [-0.39, 0.29) is 159 Å². The fourth-order valence-electron chi connectivity index (χ4n) is 12.2. The van der Waals surface area contributed by atoms with Gasteiger partial charge in [-0.25, -0.2) is 10.1 Å². The van der Waals surface area contributed by atoms with Crippen LogP contribution in [0.4, 0.5) is 0 Å². The molecule has 0 aromatic rings. The molecular formula is C112H208Na2O32S2. The standard InChI is InChI=1S/C56H104O16S.C56H6.2Na.H2O16S.48H2.H/c1-7-9-11-13-15-17-19-21-23-24-26-28-30-32-34-41(3)36-42(4)37-43(5)38-44(6)54(63)68-51-49(61)46(40-58)66-56(69-55-52(70-73-72-71-64)50(62)48(60)45(39-57)65-55)53(51)67-47(59)35-33-31-29-27-25-22-20-18-16-14-12-10-8-2;1-3-5-7-9-11-13-15-17-19-21-23-25-27-29-31-33-35-37-39-41-43-45-47-49-51-53-55-56-54-52-50-48-46-44-42-40-38-36-34-32-30-28-26-24-22-20-18-16-14-12-10-8-6-4-2;;;1-2-3-4-5-6-7-8-9-10-11-12-13-14-15-16-17;;;;;;;;;;;;;;;;;;;;;;;;;;;;;;;;;;;;;;;;;;;;;;;;;/h38,41-43,45-46,48-53,55-58,60-62,64H,7-37,39-40H2,1-6H3;1-2H3;;;1,17H;48*1H;/q;;2*+1;;;;;;;;;;;;;;;;;;;;;;;;;;;;;;;;;;;;;;;;;;;;;;;;;;-1/p-1/b44-38+;;;;;;;;;;;;;;;;;;;;;;;;;;;;;;;;;;;;;;;;;;;;;;;;;;;;;/t41-,42-,43-,45?,46?,48?,49?,50?,51?,52?,53?,55?,56?;;;;;;;;;;;;;;;;;;;;;;;;;;;;;;;;;;;;;;;;;;;;;;;;;;;;;/m0...................................................../s1. The van der Waals surface area contributed by atoms with Crippen molar-refractivity contribution in [3.63, 3.8) is 0 Å². The van der Waals surface area contributed by atoms with E-state index in [0.29, 0.717) is 18.3 Å². The molecule has 13 atom stereocenters. The second-order valence-electron chi connectivity index (χ2n) is 29.6. The van der Waals surface area contributed by atoms with E-state index in [2.05, 4.69) is 445 Å². The molecule has 0 amide bonds. The molecule has 0 saturated carbocycles. The zero-order valence-corrected chi connectivity index (χ0v) is 89.8. The third-order valence-corrected chi connectivity index (χ3v) is 18.9. The van der Waals surface area contributed by atoms with E-state index >= 15 is 0 Å². The summed E-state index contributed by atoms with van der Waals surface area (Å²) in [5.41, 5.74) is 0.272. The number of rotatable bonds is 59. The number of aliphatic hydroxyl groups excluding tert-OH is 5. The molecular weight excluding hydrogens is 1970 g/mol. The first-order valence-corrected chi connectivity index (χ1v) is 46.9. The van der Waals surface area contributed by atoms with Crippen LogP contribution in [0, 0.1) is 337 Å². The van der Waals surface area contributed by atoms with Crippen LogP contribution in [0.5, 0.6) is 0 Å². The minimum absolute atomic E-state index is 0. The summed E-state index contributed by atoms with van der Waals surface area (Å²) in [5, 5.41) is 122. The van der Waals surface area contributed by atoms with Gasteiger partial charge in [-0.1, -0.05) is 226 Å². The summed E-state index contributed by atoms with van der Waals surface area (Å²) in [4.78, 5) is 27.5. The maximum atomic E-state index is 13.9. The van der Waals surface area contributed by atoms with Gasteiger partial charge in [-0.3, -0.25) is 14.0 Å². The molecule has 36 heteroatoms. The Balaban J connectivity index is -0.0000000312. The molecule has 0 aromatic carbocycles. The summed E-state index contributed by atoms with van der Waals surface area (Å²) in [6.45, 7) is 14.5. The molecule has 0 radical (unpaired) electrons. The van der Waals surface area contributed by atoms with Gasteiger partial charge < -0.3 is 55.9 Å². The maximum Gasteiger partial charge on any atom is 1.00 e. The second kappa shape index (κ2) is 111. The summed E-state index contributed by atoms with van der Waals surface area (Å²) >= 11 is 3.05. The molecule has 0 bridgehead atoms. The number of allylic oxidation sites excluding steroid dienone is 1. The smallest absolute Gasteiger partial charge is 1.00 e. The molecule has 32 nitrogen and oxygen atoms in total. The van der Waals surface area contributed by atoms with Crippen molar-refractivity contribution in [2.75, 3.05) is 13.2 Å². The van der Waals surface area contributed by atoms with Crippen molar-refractivity contribution in [3.05, 3.63) is 11.6 Å². The van der Waals surface area contributed by atoms with Crippen LogP contribution in [0.15, 0.2) is 11.6 Å². The van der Waals surface area contributed by atoms with Crippen LogP contribution in [0.2, 0.25) is 0 Å². The Kier molecular flexibility index (Phi) is 105. The number of carbonyl (C=O) groups excluding carboxylic acids is 2. The molecule has 0 aromatic heterocycles. The van der Waals surface area contributed by atoms with Gasteiger partial charge in [-0.15, -0.1) is 8.67 Å². The zero-order chi connectivity index (χ0) is 106. The Morgan fingerprint density at radius 1 is 0.372 bits per heavy atom. The number of unbranched alkanes of at least 4 members (excludes halogenated alkanes) is 25. The fourth-order valence-corrected chi connectivity index (χ4v) is 12.6. The van der Waals surface area contributed by atoms with Crippen LogP contribution in [0.25, 0.3) is 0 Å². The normalized spacial score (nSPS) is 15.5. The third-order valence-electron chi connectivity index (χ3n) is 18.4. The fraction of sp³-hybridized carbons (Fsp3) is 0.482. The molecule has 2 aliphatic rings. The van der Waals surface area contributed by atoms with Crippen LogP contribution in [0.3, 0.4) is 0 Å². The molecule has 6 N–H and O–H groups in total. The molecule has 148 heavy (non-hydrogen) atoms. The number of hydrogen-bond donors (Lipinski definition) is 7. The summed E-state index contributed by atoms with van der Waals surface area (Å²) in [6.07, 6.45) is 22.0. The van der Waals surface area contributed by atoms with Crippen molar-refractivity contribution in [3.8, 4) is 320 Å². The first-order chi connectivity index (χ1) is 71.6. The van der Waals surface area contributed by atoms with Crippen molar-refractivity contribution in [2.45, 2.75) is 316 Å². The number of ether oxygens (including phenoxy) is 5. The number of aliphatic hydroxyl groups is 5. The summed E-state index contributed by atoms with van der Waals surface area (Å²) in [5.74, 6) is 135. The van der Waals surface area contributed by atoms with Gasteiger partial charge in [0.2, 0.25) is 6.29 Å². The molecule has 862 valence electrons. The number of carbonyl (C=O) groups is 2. The molecule has 2 rings (SSSR count). The molecule has 10 unspecified atom stereocenters. The minimum Gasteiger partial charge on any atom is -1.00 e. The van der Waals surface area contributed by atoms with E-state index in [9.17, 15) is 40.4 Å². The predicted molar refractivity (Wildman–Crippen MR) is 632 cm³/mol. The van der Waals surface area contributed by atoms with Crippen molar-refractivity contribution in [1.82, 2.24) is 0 Å².